The third-order valence-electron chi connectivity index (χ3n) is 5.17. The fourth-order valence-corrected chi connectivity index (χ4v) is 4.97. The number of unbranched alkanes of at least 4 members (excludes halogenated alkanes) is 1. The average molecular weight is 562 g/mol. The van der Waals surface area contributed by atoms with E-state index in [2.05, 4.69) is 5.32 Å². The summed E-state index contributed by atoms with van der Waals surface area (Å²) in [6.07, 6.45) is -0.320. The van der Waals surface area contributed by atoms with Crippen LogP contribution in [-0.2, 0) is 24.3 Å². The number of hydrogen-bond donors (Lipinski definition) is 2. The maximum atomic E-state index is 13.9. The summed E-state index contributed by atoms with van der Waals surface area (Å²) in [7, 11) is -4.59. The van der Waals surface area contributed by atoms with Crippen LogP contribution < -0.4 is 11.1 Å². The monoisotopic (exact) mass is 561 g/mol. The van der Waals surface area contributed by atoms with Crippen molar-refractivity contribution in [1.82, 2.24) is 4.31 Å². The number of nitrogens with one attached hydrogen (secondary N) is 1. The normalized spacial score (nSPS) is 12.8. The molecule has 0 aromatic heterocycles. The Morgan fingerprint density at radius 1 is 0.872 bits per heavy atom. The van der Waals surface area contributed by atoms with Gasteiger partial charge in [0.25, 0.3) is 15.9 Å². The van der Waals surface area contributed by atoms with Crippen molar-refractivity contribution >= 4 is 33.7 Å². The number of amides is 2. The van der Waals surface area contributed by atoms with Crippen molar-refractivity contribution in [3.8, 4) is 0 Å². The van der Waals surface area contributed by atoms with Crippen LogP contribution in [0.25, 0.3) is 0 Å². The molecule has 3 N–H and O–H groups in total. The van der Waals surface area contributed by atoms with E-state index in [1.807, 2.05) is 0 Å². The highest BCUT2D eigenvalue weighted by Crippen LogP contribution is 2.27. The van der Waals surface area contributed by atoms with Crippen molar-refractivity contribution in [3.63, 3.8) is 0 Å². The zero-order valence-corrected chi connectivity index (χ0v) is 24.2. The summed E-state index contributed by atoms with van der Waals surface area (Å²) in [6.45, 7) is 10.1. The highest BCUT2D eigenvalue weighted by atomic mass is 32.2. The van der Waals surface area contributed by atoms with Crippen LogP contribution in [0, 0.1) is 0 Å². The Bertz CT molecular complexity index is 1230. The number of rotatable bonds is 10. The predicted molar refractivity (Wildman–Crippen MR) is 149 cm³/mol. The number of sulfonamides is 1. The Balaban J connectivity index is 2.47. The number of carbonyl (C=O) groups excluding carboxylic acids is 3. The molecule has 11 heteroatoms. The summed E-state index contributed by atoms with van der Waals surface area (Å²) in [5.41, 5.74) is 4.42. The Hall–Kier alpha value is -3.44. The molecule has 0 heterocycles. The molecular weight excluding hydrogens is 522 g/mol. The van der Waals surface area contributed by atoms with Gasteiger partial charge in [-0.25, -0.2) is 18.0 Å². The predicted octanol–water partition coefficient (Wildman–Crippen LogP) is 4.70. The van der Waals surface area contributed by atoms with Crippen molar-refractivity contribution in [3.05, 3.63) is 60.2 Å². The van der Waals surface area contributed by atoms with Gasteiger partial charge in [0.1, 0.15) is 17.2 Å². The van der Waals surface area contributed by atoms with Crippen LogP contribution in [0.4, 0.5) is 10.5 Å². The van der Waals surface area contributed by atoms with Gasteiger partial charge in [-0.3, -0.25) is 4.79 Å². The van der Waals surface area contributed by atoms with Crippen molar-refractivity contribution in [1.29, 1.82) is 0 Å². The third kappa shape index (κ3) is 9.67. The Kier molecular flexibility index (Phi) is 10.7. The molecule has 214 valence electrons. The number of anilines is 1. The van der Waals surface area contributed by atoms with Gasteiger partial charge < -0.3 is 20.5 Å². The Labute approximate surface area is 230 Å². The second kappa shape index (κ2) is 13.1. The summed E-state index contributed by atoms with van der Waals surface area (Å²) < 4.78 is 39.1. The zero-order chi connectivity index (χ0) is 29.4. The molecule has 0 aliphatic carbocycles. The third-order valence-corrected chi connectivity index (χ3v) is 6.96. The van der Waals surface area contributed by atoms with E-state index < -0.39 is 39.3 Å². The largest absolute Gasteiger partial charge is 0.458 e. The highest BCUT2D eigenvalue weighted by molar-refractivity contribution is 7.89. The Morgan fingerprint density at radius 2 is 1.44 bits per heavy atom. The molecule has 0 saturated carbocycles. The van der Waals surface area contributed by atoms with Gasteiger partial charge in [0.15, 0.2) is 0 Å². The second-order valence-corrected chi connectivity index (χ2v) is 12.8. The van der Waals surface area contributed by atoms with Gasteiger partial charge in [-0.2, -0.15) is 4.31 Å². The number of carbonyl (C=O) groups is 3. The maximum absolute atomic E-state index is 13.9. The molecule has 0 aliphatic rings. The summed E-state index contributed by atoms with van der Waals surface area (Å²) in [5.74, 6) is -1.24. The van der Waals surface area contributed by atoms with Crippen LogP contribution in [0.15, 0.2) is 59.5 Å². The first-order chi connectivity index (χ1) is 18.0. The lowest BCUT2D eigenvalue weighted by molar-refractivity contribution is -0.159. The van der Waals surface area contributed by atoms with Gasteiger partial charge in [-0.1, -0.05) is 18.2 Å². The fraction of sp³-hybridized carbons (Fsp3) is 0.464. The SMILES string of the molecule is CC(C)(C)OC(=O)[C@H](CCCCN)N(C(=O)OC(C)(C)C)S(=O)(=O)c1ccc(NC(=O)c2ccccc2)cc1. The fourth-order valence-electron chi connectivity index (χ4n) is 3.50. The van der Waals surface area contributed by atoms with E-state index in [9.17, 15) is 22.8 Å². The van der Waals surface area contributed by atoms with Gasteiger partial charge >= 0.3 is 12.1 Å². The first-order valence-corrected chi connectivity index (χ1v) is 14.2. The lowest BCUT2D eigenvalue weighted by Gasteiger charge is -2.33. The van der Waals surface area contributed by atoms with E-state index in [4.69, 9.17) is 15.2 Å². The second-order valence-electron chi connectivity index (χ2n) is 11.0. The minimum absolute atomic E-state index is 0.00416. The summed E-state index contributed by atoms with van der Waals surface area (Å²) in [6, 6.07) is 12.4. The Morgan fingerprint density at radius 3 is 1.95 bits per heavy atom. The molecule has 1 atom stereocenters. The van der Waals surface area contributed by atoms with E-state index in [1.165, 1.54) is 24.3 Å². The smallest absolute Gasteiger partial charge is 0.425 e. The van der Waals surface area contributed by atoms with Crippen molar-refractivity contribution in [2.45, 2.75) is 82.9 Å². The number of ether oxygens (including phenoxy) is 2. The van der Waals surface area contributed by atoms with Gasteiger partial charge in [-0.15, -0.1) is 0 Å². The lowest BCUT2D eigenvalue weighted by Crippen LogP contribution is -2.51. The maximum Gasteiger partial charge on any atom is 0.425 e. The number of benzene rings is 2. The molecule has 39 heavy (non-hydrogen) atoms. The minimum atomic E-state index is -4.59. The van der Waals surface area contributed by atoms with E-state index >= 15 is 0 Å². The molecule has 0 fully saturated rings. The molecule has 2 rings (SSSR count). The summed E-state index contributed by atoms with van der Waals surface area (Å²) >= 11 is 0. The average Bonchev–Trinajstić information content (AvgIpc) is 2.82. The molecule has 0 spiro atoms. The molecule has 0 radical (unpaired) electrons. The van der Waals surface area contributed by atoms with Crippen LogP contribution in [0.1, 0.15) is 71.2 Å². The molecule has 0 aliphatic heterocycles. The van der Waals surface area contributed by atoms with Crippen molar-refractivity contribution < 1.29 is 32.3 Å². The molecule has 2 aromatic carbocycles. The molecule has 0 bridgehead atoms. The number of esters is 1. The number of nitrogens with two attached hydrogens (primary N) is 1. The molecule has 0 saturated heterocycles. The van der Waals surface area contributed by atoms with Gasteiger partial charge in [-0.05, 0) is 104 Å². The molecule has 2 amide bonds. The van der Waals surface area contributed by atoms with E-state index in [0.717, 1.165) is 0 Å². The lowest BCUT2D eigenvalue weighted by atomic mass is 10.1. The quantitative estimate of drug-likeness (QED) is 0.314. The summed E-state index contributed by atoms with van der Waals surface area (Å²) in [5, 5.41) is 2.70. The highest BCUT2D eigenvalue weighted by Gasteiger charge is 2.43. The number of nitrogens with zero attached hydrogens (tertiary/aromatic N) is 1. The standard InChI is InChI=1S/C28H39N3O7S/c1-27(2,3)37-25(33)23(14-10-11-19-29)31(26(34)38-28(4,5)6)39(35,36)22-17-15-21(16-18-22)30-24(32)20-12-8-7-9-13-20/h7-9,12-13,15-18,23H,10-11,14,19,29H2,1-6H3,(H,30,32)/t23-/m0/s1. The van der Waals surface area contributed by atoms with Crippen molar-refractivity contribution in [2.75, 3.05) is 11.9 Å². The molecule has 0 unspecified atom stereocenters. The first kappa shape index (κ1) is 31.8. The van der Waals surface area contributed by atoms with E-state index in [-0.39, 0.29) is 17.2 Å². The molecule has 10 nitrogen and oxygen atoms in total. The van der Waals surface area contributed by atoms with E-state index in [1.54, 1.807) is 71.9 Å². The van der Waals surface area contributed by atoms with Crippen LogP contribution in [0.5, 0.6) is 0 Å². The summed E-state index contributed by atoms with van der Waals surface area (Å²) in [4.78, 5) is 38.8. The van der Waals surface area contributed by atoms with Crippen LogP contribution in [0.3, 0.4) is 0 Å². The van der Waals surface area contributed by atoms with Crippen LogP contribution in [-0.4, -0.2) is 54.5 Å². The number of hydrogen-bond acceptors (Lipinski definition) is 8. The van der Waals surface area contributed by atoms with E-state index in [0.29, 0.717) is 34.9 Å². The minimum Gasteiger partial charge on any atom is -0.458 e. The molecule has 2 aromatic rings. The topological polar surface area (TPSA) is 145 Å². The van der Waals surface area contributed by atoms with Crippen LogP contribution >= 0.6 is 0 Å². The first-order valence-electron chi connectivity index (χ1n) is 12.7. The zero-order valence-electron chi connectivity index (χ0n) is 23.4. The molecular formula is C28H39N3O7S. The van der Waals surface area contributed by atoms with Gasteiger partial charge in [0.05, 0.1) is 4.90 Å². The van der Waals surface area contributed by atoms with Crippen LogP contribution in [0.2, 0.25) is 0 Å². The van der Waals surface area contributed by atoms with Gasteiger partial charge in [0.2, 0.25) is 0 Å². The van der Waals surface area contributed by atoms with Crippen molar-refractivity contribution in [2.24, 2.45) is 5.73 Å². The van der Waals surface area contributed by atoms with Gasteiger partial charge in [0, 0.05) is 11.3 Å².